The molecule has 2 atom stereocenters. The highest BCUT2D eigenvalue weighted by atomic mass is 16.6. The molecule has 18 rings (SSSR count). The molecule has 684 valence electrons. The Kier molecular flexibility index (Phi) is 28.3. The Bertz CT molecular complexity index is 7210. The summed E-state index contributed by atoms with van der Waals surface area (Å²) in [7, 11) is 0. The molecule has 137 heavy (non-hydrogen) atoms. The van der Waals surface area contributed by atoms with Crippen LogP contribution in [0.4, 0.5) is 4.79 Å². The van der Waals surface area contributed by atoms with Gasteiger partial charge < -0.3 is 60.2 Å². The van der Waals surface area contributed by atoms with Crippen molar-refractivity contribution in [1.82, 2.24) is 61.1 Å². The summed E-state index contributed by atoms with van der Waals surface area (Å²) in [5, 5.41) is 11.5. The Labute approximate surface area is 795 Å². The van der Waals surface area contributed by atoms with Gasteiger partial charge in [-0.3, -0.25) is 14.4 Å². The van der Waals surface area contributed by atoms with Crippen LogP contribution in [-0.4, -0.2) is 120 Å². The van der Waals surface area contributed by atoms with Crippen LogP contribution in [0.1, 0.15) is 131 Å². The molecule has 8 N–H and O–H groups in total. The Hall–Kier alpha value is -16.6. The van der Waals surface area contributed by atoms with Gasteiger partial charge in [0.15, 0.2) is 0 Å². The normalized spacial score (nSPS) is 12.3. The van der Waals surface area contributed by atoms with Gasteiger partial charge in [-0.05, 0) is 238 Å². The minimum Gasteiger partial charge on any atom is -0.494 e. The van der Waals surface area contributed by atoms with E-state index in [-0.39, 0.29) is 57.3 Å². The summed E-state index contributed by atoms with van der Waals surface area (Å²) >= 11 is 0. The molecule has 0 fully saturated rings. The molecule has 14 aromatic rings. The predicted molar refractivity (Wildman–Crippen MR) is 551 cm³/mol. The van der Waals surface area contributed by atoms with E-state index in [4.69, 9.17) is 38.9 Å². The topological polar surface area (TPSA) is 285 Å². The molecule has 0 unspecified atom stereocenters. The third kappa shape index (κ3) is 21.9. The van der Waals surface area contributed by atoms with Crippen molar-refractivity contribution in [3.05, 3.63) is 337 Å². The Balaban J connectivity index is 0.478. The maximum Gasteiger partial charge on any atom is 0.408 e. The summed E-state index contributed by atoms with van der Waals surface area (Å²) in [5.74, 6) is -0.319. The van der Waals surface area contributed by atoms with Crippen LogP contribution < -0.4 is 30.7 Å². The van der Waals surface area contributed by atoms with Gasteiger partial charge in [-0.15, -0.1) is 0 Å². The molecule has 4 amide bonds. The smallest absolute Gasteiger partial charge is 0.408 e. The van der Waals surface area contributed by atoms with Gasteiger partial charge in [-0.25, -0.2) is 29.5 Å². The summed E-state index contributed by atoms with van der Waals surface area (Å²) in [6, 6.07) is 92.7. The quantitative estimate of drug-likeness (QED) is 0.0106. The largest absolute Gasteiger partial charge is 0.494 e. The lowest BCUT2D eigenvalue weighted by Crippen LogP contribution is -2.52. The molecule has 21 heteroatoms. The number of hydrogen-bond donors (Lipinski definition) is 8. The van der Waals surface area contributed by atoms with Crippen LogP contribution in [0, 0.1) is 0 Å². The monoisotopic (exact) mass is 1810 g/mol. The molecule has 0 saturated carbocycles. The maximum atomic E-state index is 14.2. The van der Waals surface area contributed by atoms with E-state index >= 15 is 0 Å². The van der Waals surface area contributed by atoms with Crippen LogP contribution >= 0.6 is 0 Å². The average molecular weight is 1810 g/mol. The van der Waals surface area contributed by atoms with Crippen molar-refractivity contribution in [3.63, 3.8) is 0 Å². The fourth-order valence-electron chi connectivity index (χ4n) is 17.8. The zero-order chi connectivity index (χ0) is 94.0. The lowest BCUT2D eigenvalue weighted by atomic mass is 10.0. The fraction of sp³-hybridized carbons (Fsp3) is 0.181. The Morgan fingerprint density at radius 3 is 0.854 bits per heavy atom. The van der Waals surface area contributed by atoms with Gasteiger partial charge in [0.2, 0.25) is 17.7 Å². The van der Waals surface area contributed by atoms with Gasteiger partial charge in [-0.2, -0.15) is 0 Å². The van der Waals surface area contributed by atoms with E-state index in [1.54, 1.807) is 20.8 Å². The van der Waals surface area contributed by atoms with E-state index in [1.807, 2.05) is 133 Å². The van der Waals surface area contributed by atoms with Crippen molar-refractivity contribution in [3.8, 4) is 101 Å². The predicted octanol–water partition coefficient (Wildman–Crippen LogP) is 24.7. The van der Waals surface area contributed by atoms with Crippen molar-refractivity contribution in [1.29, 1.82) is 0 Å². The average Bonchev–Trinajstić information content (AvgIpc) is 1.62. The van der Waals surface area contributed by atoms with Crippen molar-refractivity contribution < 1.29 is 42.9 Å². The molecule has 16 bridgehead atoms. The highest BCUT2D eigenvalue weighted by Crippen LogP contribution is 2.43. The molecule has 8 aromatic carbocycles. The van der Waals surface area contributed by atoms with Crippen molar-refractivity contribution in [2.75, 3.05) is 32.9 Å². The first-order chi connectivity index (χ1) is 67.1. The number of carbonyl (C=O) groups is 5. The van der Waals surface area contributed by atoms with Gasteiger partial charge in [0, 0.05) is 115 Å². The fourth-order valence-corrected chi connectivity index (χ4v) is 17.8. The number of alkyl carbamates (subject to hydrolysis) is 1. The summed E-state index contributed by atoms with van der Waals surface area (Å²) < 4.78 is 23.6. The number of benzene rings is 8. The first-order valence-electron chi connectivity index (χ1n) is 46.8. The van der Waals surface area contributed by atoms with E-state index in [1.165, 1.54) is 6.08 Å². The number of esters is 1. The third-order valence-electron chi connectivity index (χ3n) is 24.2. The Morgan fingerprint density at radius 2 is 0.591 bits per heavy atom. The lowest BCUT2D eigenvalue weighted by molar-refractivity contribution is -0.147. The summed E-state index contributed by atoms with van der Waals surface area (Å²) in [6.45, 7) is 9.97. The number of fused-ring (bicyclic) bond motifs is 16. The van der Waals surface area contributed by atoms with Gasteiger partial charge >= 0.3 is 12.1 Å². The summed E-state index contributed by atoms with van der Waals surface area (Å²) in [4.78, 5) is 105. The lowest BCUT2D eigenvalue weighted by Gasteiger charge is -2.25. The third-order valence-corrected chi connectivity index (χ3v) is 24.2. The molecule has 6 aromatic heterocycles. The molecule has 0 aliphatic carbocycles. The van der Waals surface area contributed by atoms with E-state index in [2.05, 4.69) is 242 Å². The van der Waals surface area contributed by atoms with Crippen molar-refractivity contribution >= 4 is 123 Å². The number of carbonyl (C=O) groups excluding carboxylic acids is 5. The number of hydrogen-bond acceptors (Lipinski definition) is 13. The second-order valence-electron chi connectivity index (χ2n) is 35.0. The van der Waals surface area contributed by atoms with Crippen molar-refractivity contribution in [2.24, 2.45) is 0 Å². The molecule has 0 spiro atoms. The van der Waals surface area contributed by atoms with E-state index in [0.29, 0.717) is 63.1 Å². The number of ether oxygens (including phenoxy) is 4. The molecule has 10 heterocycles. The molecule has 21 nitrogen and oxygen atoms in total. The van der Waals surface area contributed by atoms with E-state index in [0.717, 1.165) is 179 Å². The molecule has 0 radical (unpaired) electrons. The molecule has 0 saturated heterocycles. The first kappa shape index (κ1) is 91.0. The van der Waals surface area contributed by atoms with Gasteiger partial charge in [0.1, 0.15) is 35.8 Å². The SMILES string of the molecule is C=CCOC(=O)[C@H](CCCCNC(=O)CCCOc1ccc(-c2c3nc(c(-c4ccccc4)c4ccc([nH]4)c(-c4ccccc4)c4nc(c(-c5ccccc5)c5ccc2[nH]5)C=C4)C=C3)cc1)NC(=O)[C@H](CCCCNC(=O)CCCOc1ccc(-c2c3nc(c(-c4ccccc4)c4ccc([nH]4)c(-c4ccccc4)c4nc(c(-c5ccccc5)c5ccc2[nH]5)C=C4)C=C3)cc1)NC(=O)OC(C)(C)C. The second kappa shape index (κ2) is 42.6. The number of nitrogens with one attached hydrogen (secondary N) is 8. The number of rotatable bonds is 34. The van der Waals surface area contributed by atoms with Gasteiger partial charge in [0.05, 0.1) is 58.8 Å². The maximum absolute atomic E-state index is 14.2. The number of nitrogens with zero attached hydrogens (tertiary/aromatic N) is 4. The van der Waals surface area contributed by atoms with Crippen LogP contribution in [0.2, 0.25) is 0 Å². The van der Waals surface area contributed by atoms with Gasteiger partial charge in [-0.1, -0.05) is 219 Å². The molecular weight excluding hydrogens is 1710 g/mol. The zero-order valence-corrected chi connectivity index (χ0v) is 76.7. The van der Waals surface area contributed by atoms with Crippen molar-refractivity contribution in [2.45, 2.75) is 103 Å². The standard InChI is InChI=1S/C116H106N12O9/c1-5-72-136-114(132)102(43-25-27-71-118-104(130)45-29-74-135-84-52-48-82(49-53-84)112-99-68-64-95(125-99)109(79-38-20-10-21-39-79)91-60-56-87(121-91)106(76-32-14-7-15-33-76)88-57-61-92(122-88)110(80-40-22-11-23-41-80)96-65-69-100(112)126-96)127-113(131)101(128-115(133)137-116(2,3)4)42-24-26-70-117-103(129)44-28-73-134-83-50-46-81(47-51-83)111-97-66-62-93(123-97)107(77-34-16-8-17-35-77)89-58-54-85(119-89)105(75-30-12-6-13-31-75)86-55-59-90(120-86)108(78-36-18-9-19-37-78)94-63-67-98(111)124-94/h5-23,30-41,46-69,101-102,119,121,124,126H,1,24-29,42-45,70-74H2,2-4H3,(H,117,129)(H,118,130)(H,127,131)(H,128,133)/t101-,102-/m0/s1. The number of H-pyrrole nitrogens is 4. The first-order valence-corrected chi connectivity index (χ1v) is 46.8. The Morgan fingerprint density at radius 1 is 0.328 bits per heavy atom. The van der Waals surface area contributed by atoms with Crippen LogP contribution in [0.3, 0.4) is 0 Å². The number of aromatic nitrogens is 8. The van der Waals surface area contributed by atoms with E-state index in [9.17, 15) is 24.0 Å². The van der Waals surface area contributed by atoms with Crippen LogP contribution in [0.25, 0.3) is 182 Å². The van der Waals surface area contributed by atoms with E-state index < -0.39 is 35.7 Å². The molecular formula is C116H106N12O9. The van der Waals surface area contributed by atoms with Crippen LogP contribution in [0.15, 0.2) is 292 Å². The highest BCUT2D eigenvalue weighted by molar-refractivity contribution is 6.03. The number of unbranched alkanes of at least 4 members (excludes halogenated alkanes) is 2. The summed E-state index contributed by atoms with van der Waals surface area (Å²) in [5.41, 5.74) is 28.3. The minimum atomic E-state index is -1.10. The second-order valence-corrected chi connectivity index (χ2v) is 35.0. The number of amides is 4. The molecule has 4 aliphatic rings. The van der Waals surface area contributed by atoms with Crippen LogP contribution in [0.5, 0.6) is 11.5 Å². The van der Waals surface area contributed by atoms with Crippen LogP contribution in [-0.2, 0) is 28.7 Å². The number of aromatic amines is 4. The summed E-state index contributed by atoms with van der Waals surface area (Å²) in [6.07, 6.45) is 20.8. The highest BCUT2D eigenvalue weighted by Gasteiger charge is 2.31. The van der Waals surface area contributed by atoms with Gasteiger partial charge in [0.25, 0.3) is 0 Å². The molecule has 4 aliphatic heterocycles. The minimum absolute atomic E-state index is 0.0829. The zero-order valence-electron chi connectivity index (χ0n) is 76.7.